The Balaban J connectivity index is -0.000000235. The summed E-state index contributed by atoms with van der Waals surface area (Å²) in [6, 6.07) is 44.5. The van der Waals surface area contributed by atoms with Crippen molar-refractivity contribution < 1.29 is 73.4 Å². The first-order chi connectivity index (χ1) is 25.9. The Bertz CT molecular complexity index is 1290. The fourth-order valence-corrected chi connectivity index (χ4v) is 12.7. The zero-order valence-corrected chi connectivity index (χ0v) is 37.1. The Morgan fingerprint density at radius 1 is 0.407 bits per heavy atom. The summed E-state index contributed by atoms with van der Waals surface area (Å²) in [6.07, 6.45) is 15.4. The molecule has 4 aromatic carbocycles. The summed E-state index contributed by atoms with van der Waals surface area (Å²) >= 11 is 0. The molecule has 0 spiro atoms. The molecule has 280 valence electrons. The molecule has 0 aliphatic heterocycles. The largest absolute Gasteiger partial charge is 0.180 e. The fourth-order valence-electron chi connectivity index (χ4n) is 6.31. The molecule has 4 aromatic rings. The van der Waals surface area contributed by atoms with Crippen molar-refractivity contribution in [2.24, 2.45) is 0 Å². The minimum Gasteiger partial charge on any atom is -0.180 e. The second-order valence-corrected chi connectivity index (χ2v) is 16.1. The molecule has 6 rings (SSSR count). The van der Waals surface area contributed by atoms with Crippen LogP contribution in [0.15, 0.2) is 115 Å². The van der Waals surface area contributed by atoms with Gasteiger partial charge in [0.25, 0.3) is 0 Å². The second kappa shape index (κ2) is 44.6. The maximum atomic E-state index is 7.50. The third-order valence-corrected chi connectivity index (χ3v) is 14.6. The Morgan fingerprint density at radius 2 is 0.685 bits per heavy atom. The van der Waals surface area contributed by atoms with Crippen LogP contribution in [-0.4, -0.2) is 11.3 Å². The van der Waals surface area contributed by atoms with E-state index in [-0.39, 0.29) is 40.8 Å². The predicted molar refractivity (Wildman–Crippen MR) is 200 cm³/mol. The number of benzene rings is 4. The van der Waals surface area contributed by atoms with Gasteiger partial charge in [0, 0.05) is 46.2 Å². The van der Waals surface area contributed by atoms with E-state index in [2.05, 4.69) is 162 Å². The third kappa shape index (κ3) is 21.4. The molecule has 2 radical (unpaired) electrons. The van der Waals surface area contributed by atoms with Crippen molar-refractivity contribution in [2.75, 3.05) is 0 Å². The first kappa shape index (κ1) is 60.5. The molecule has 0 bridgehead atoms. The van der Waals surface area contributed by atoms with E-state index in [4.69, 9.17) is 32.6 Å². The van der Waals surface area contributed by atoms with Crippen LogP contribution in [-0.2, 0) is 73.4 Å². The molecular weight excluding hydrogens is 1060 g/mol. The van der Waals surface area contributed by atoms with Gasteiger partial charge in [0.15, 0.2) is 0 Å². The average molecular weight is 1110 g/mol. The van der Waals surface area contributed by atoms with Crippen molar-refractivity contribution in [3.05, 3.63) is 168 Å². The molecule has 0 atom stereocenters. The van der Waals surface area contributed by atoms with Crippen molar-refractivity contribution in [2.45, 2.75) is 75.5 Å². The van der Waals surface area contributed by atoms with Crippen LogP contribution in [0.1, 0.15) is 64.2 Å². The van der Waals surface area contributed by atoms with Crippen molar-refractivity contribution in [1.29, 1.82) is 0 Å². The molecule has 11 heteroatoms. The monoisotopic (exact) mass is 1110 g/mol. The van der Waals surface area contributed by atoms with E-state index in [1.54, 1.807) is 25.7 Å². The first-order valence-corrected chi connectivity index (χ1v) is 19.0. The predicted octanol–water partition coefficient (Wildman–Crippen LogP) is 8.17. The van der Waals surface area contributed by atoms with Gasteiger partial charge in [-0.2, -0.15) is 18.2 Å². The molecule has 2 saturated carbocycles. The SMILES string of the molecule is C1CCC(PC2CCCCC2)CC1.[C-]#[O+].[C-]#[O+].[C-]#[O+].[C-]#[O+].[C-]#[O+].[C-]#[O+].[C-]#[O+].[Re].[Re].[c-]1cccc([P+](c2ccccc2)(c2ccccc2)c2ccccc2)c1. The summed E-state index contributed by atoms with van der Waals surface area (Å²) in [7, 11) is -0.606. The Kier molecular flexibility index (Phi) is 50.0. The van der Waals surface area contributed by atoms with E-state index in [1.165, 1.54) is 68.3 Å². The summed E-state index contributed by atoms with van der Waals surface area (Å²) in [4.78, 5) is 0. The molecule has 54 heavy (non-hydrogen) atoms. The van der Waals surface area contributed by atoms with Gasteiger partial charge in [-0.15, -0.1) is 20.7 Å². The van der Waals surface area contributed by atoms with Gasteiger partial charge in [0.2, 0.25) is 0 Å². The van der Waals surface area contributed by atoms with Crippen molar-refractivity contribution in [1.82, 2.24) is 0 Å². The third-order valence-electron chi connectivity index (χ3n) is 8.19. The van der Waals surface area contributed by atoms with Crippen molar-refractivity contribution in [3.63, 3.8) is 0 Å². The zero-order chi connectivity index (χ0) is 39.9. The van der Waals surface area contributed by atoms with Crippen molar-refractivity contribution in [3.8, 4) is 0 Å². The van der Waals surface area contributed by atoms with Crippen LogP contribution < -0.4 is 21.2 Å². The minimum absolute atomic E-state index is 0. The average Bonchev–Trinajstić information content (AvgIpc) is 3.29. The summed E-state index contributed by atoms with van der Waals surface area (Å²) < 4.78 is 52.5. The van der Waals surface area contributed by atoms with Gasteiger partial charge in [-0.3, -0.25) is 0 Å². The Hall–Kier alpha value is -2.76. The summed E-state index contributed by atoms with van der Waals surface area (Å²) in [5, 5.41) is 5.43. The quantitative estimate of drug-likeness (QED) is 0.105. The molecule has 0 N–H and O–H groups in total. The van der Waals surface area contributed by atoms with Crippen LogP contribution >= 0.6 is 15.8 Å². The first-order valence-electron chi connectivity index (χ1n) is 16.1. The maximum absolute atomic E-state index is 7.50. The maximum Gasteiger partial charge on any atom is 0.0985 e. The number of hydrogen-bond acceptors (Lipinski definition) is 0. The molecule has 0 saturated heterocycles. The van der Waals surface area contributed by atoms with Crippen molar-refractivity contribution >= 4 is 37.1 Å². The second-order valence-electron chi connectivity index (χ2n) is 10.8. The zero-order valence-electron chi connectivity index (χ0n) is 29.8. The molecule has 7 nitrogen and oxygen atoms in total. The van der Waals surface area contributed by atoms with Crippen LogP contribution in [0.5, 0.6) is 0 Å². The summed E-state index contributed by atoms with van der Waals surface area (Å²) in [6.45, 7) is 31.5. The van der Waals surface area contributed by atoms with Crippen LogP contribution in [0.2, 0.25) is 0 Å². The topological polar surface area (TPSA) is 139 Å². The Labute approximate surface area is 351 Å². The van der Waals surface area contributed by atoms with Crippen LogP contribution in [0.25, 0.3) is 0 Å². The molecule has 0 aromatic heterocycles. The van der Waals surface area contributed by atoms with Gasteiger partial charge in [0.1, 0.15) is 0 Å². The van der Waals surface area contributed by atoms with E-state index in [0.717, 1.165) is 11.3 Å². The van der Waals surface area contributed by atoms with Gasteiger partial charge in [-0.1, -0.05) is 93.1 Å². The summed E-state index contributed by atoms with van der Waals surface area (Å²) in [5.41, 5.74) is 2.30. The molecule has 0 unspecified atom stereocenters. The number of rotatable bonds is 6. The number of hydrogen-bond donors (Lipinski definition) is 0. The van der Waals surface area contributed by atoms with E-state index >= 15 is 0 Å². The molecule has 0 amide bonds. The Morgan fingerprint density at radius 3 is 0.944 bits per heavy atom. The fraction of sp³-hybridized carbons (Fsp3) is 0.279. The van der Waals surface area contributed by atoms with Crippen LogP contribution in [0.4, 0.5) is 0 Å². The van der Waals surface area contributed by atoms with E-state index < -0.39 is 7.26 Å². The van der Waals surface area contributed by atoms with Gasteiger partial charge in [0.05, 0.1) is 23.2 Å². The molecular formula is C43H42O7P2Re2. The van der Waals surface area contributed by atoms with Gasteiger partial charge in [-0.25, -0.2) is 0 Å². The standard InChI is InChI=1S/C24H19P.C12H23P.7CO.2Re/c1-5-13-21(14-6-1)25(22-15-7-2-8-16-22,23-17-9-3-10-18-23)24-19-11-4-12-20-24;1-3-7-11(8-4-1)13-12-9-5-2-6-10-12;7*1-2;;/h1-11,13-20H;11-13H,1-10H2;;;;;;;;;. The molecule has 2 fully saturated rings. The smallest absolute Gasteiger partial charge is 0.0985 e. The van der Waals surface area contributed by atoms with Crippen LogP contribution in [0.3, 0.4) is 0 Å². The molecule has 2 aliphatic rings. The van der Waals surface area contributed by atoms with Gasteiger partial charge >= 0.3 is 79.1 Å². The molecule has 2 aliphatic carbocycles. The van der Waals surface area contributed by atoms with Gasteiger partial charge in [-0.05, 0) is 73.4 Å². The van der Waals surface area contributed by atoms with E-state index in [0.29, 0.717) is 0 Å². The van der Waals surface area contributed by atoms with Crippen LogP contribution in [0, 0.1) is 52.6 Å². The van der Waals surface area contributed by atoms with Gasteiger partial charge < -0.3 is 0 Å². The van der Waals surface area contributed by atoms with E-state index in [1.807, 2.05) is 6.07 Å². The minimum atomic E-state index is -1.94. The van der Waals surface area contributed by atoms with E-state index in [9.17, 15) is 0 Å². The molecule has 0 heterocycles. The summed E-state index contributed by atoms with van der Waals surface area (Å²) in [5.74, 6) is 0. The normalized spacial score (nSPS) is 12.1.